The number of aryl methyl sites for hydroxylation is 1. The summed E-state index contributed by atoms with van der Waals surface area (Å²) >= 11 is 1.78. The van der Waals surface area contributed by atoms with E-state index in [2.05, 4.69) is 28.2 Å². The van der Waals surface area contributed by atoms with E-state index in [9.17, 15) is 4.79 Å². The minimum Gasteiger partial charge on any atom is -0.379 e. The van der Waals surface area contributed by atoms with Crippen molar-refractivity contribution in [1.82, 2.24) is 15.2 Å². The molecule has 2 fully saturated rings. The van der Waals surface area contributed by atoms with Gasteiger partial charge < -0.3 is 15.0 Å². The lowest BCUT2D eigenvalue weighted by molar-refractivity contribution is 0.0342. The van der Waals surface area contributed by atoms with Gasteiger partial charge in [-0.1, -0.05) is 19.3 Å². The fourth-order valence-electron chi connectivity index (χ4n) is 3.99. The Kier molecular flexibility index (Phi) is 5.10. The lowest BCUT2D eigenvalue weighted by Gasteiger charge is -2.27. The third-order valence-corrected chi connectivity index (χ3v) is 6.45. The average Bonchev–Trinajstić information content (AvgIpc) is 3.14. The number of hydrogen-bond donors (Lipinski definition) is 2. The summed E-state index contributed by atoms with van der Waals surface area (Å²) < 4.78 is 6.70. The fourth-order valence-corrected chi connectivity index (χ4v) is 5.00. The topological polar surface area (TPSA) is 57.4 Å². The molecule has 25 heavy (non-hydrogen) atoms. The maximum Gasteiger partial charge on any atom is 0.268 e. The van der Waals surface area contributed by atoms with Crippen molar-refractivity contribution in [1.29, 1.82) is 0 Å². The van der Waals surface area contributed by atoms with Crippen LogP contribution < -0.4 is 5.32 Å². The van der Waals surface area contributed by atoms with Crippen LogP contribution >= 0.6 is 11.3 Å². The Morgan fingerprint density at radius 2 is 2.08 bits per heavy atom. The predicted molar refractivity (Wildman–Crippen MR) is 101 cm³/mol. The summed E-state index contributed by atoms with van der Waals surface area (Å²) in [6, 6.07) is 2.49. The number of H-pyrrole nitrogens is 1. The molecule has 1 amide bonds. The first kappa shape index (κ1) is 17.1. The van der Waals surface area contributed by atoms with Gasteiger partial charge in [0.05, 0.1) is 23.4 Å². The van der Waals surface area contributed by atoms with E-state index in [0.29, 0.717) is 6.04 Å². The molecule has 2 aromatic rings. The Bertz CT molecular complexity index is 739. The maximum atomic E-state index is 12.9. The molecule has 2 aromatic heterocycles. The van der Waals surface area contributed by atoms with Crippen LogP contribution in [-0.2, 0) is 11.3 Å². The second kappa shape index (κ2) is 7.48. The smallest absolute Gasteiger partial charge is 0.268 e. The van der Waals surface area contributed by atoms with Gasteiger partial charge in [-0.15, -0.1) is 11.3 Å². The lowest BCUT2D eigenvalue weighted by Crippen LogP contribution is -2.38. The highest BCUT2D eigenvalue weighted by molar-refractivity contribution is 7.19. The molecule has 1 aliphatic heterocycles. The summed E-state index contributed by atoms with van der Waals surface area (Å²) in [5.41, 5.74) is 3.01. The molecule has 2 N–H and O–H groups in total. The lowest BCUT2D eigenvalue weighted by atomic mass is 9.95. The number of carbonyl (C=O) groups is 1. The zero-order valence-electron chi connectivity index (χ0n) is 14.9. The van der Waals surface area contributed by atoms with Crippen LogP contribution in [0.2, 0.25) is 0 Å². The van der Waals surface area contributed by atoms with Gasteiger partial charge in [0.25, 0.3) is 5.91 Å². The van der Waals surface area contributed by atoms with Gasteiger partial charge in [0, 0.05) is 36.1 Å². The van der Waals surface area contributed by atoms with Crippen LogP contribution in [0, 0.1) is 6.92 Å². The third-order valence-electron chi connectivity index (χ3n) is 5.34. The number of ether oxygens (including phenoxy) is 1. The van der Waals surface area contributed by atoms with Gasteiger partial charge >= 0.3 is 0 Å². The van der Waals surface area contributed by atoms with E-state index in [1.54, 1.807) is 11.3 Å². The number of nitrogens with zero attached hydrogens (tertiary/aromatic N) is 1. The predicted octanol–water partition coefficient (Wildman–Crippen LogP) is 3.43. The molecule has 0 atom stereocenters. The van der Waals surface area contributed by atoms with Crippen LogP contribution in [-0.4, -0.2) is 48.1 Å². The summed E-state index contributed by atoms with van der Waals surface area (Å²) in [7, 11) is 0. The molecular formula is C19H27N3O2S. The van der Waals surface area contributed by atoms with Crippen LogP contribution in [0.4, 0.5) is 0 Å². The van der Waals surface area contributed by atoms with Crippen molar-refractivity contribution >= 4 is 27.5 Å². The molecule has 2 aliphatic rings. The minimum atomic E-state index is 0.0659. The third kappa shape index (κ3) is 3.76. The summed E-state index contributed by atoms with van der Waals surface area (Å²) in [6.07, 6.45) is 5.97. The quantitative estimate of drug-likeness (QED) is 0.877. The van der Waals surface area contributed by atoms with Crippen molar-refractivity contribution < 1.29 is 9.53 Å². The van der Waals surface area contributed by atoms with Gasteiger partial charge in [0.15, 0.2) is 0 Å². The average molecular weight is 362 g/mol. The molecule has 5 nitrogen and oxygen atoms in total. The fraction of sp³-hybridized carbons (Fsp3) is 0.632. The summed E-state index contributed by atoms with van der Waals surface area (Å²) in [6.45, 7) is 6.36. The summed E-state index contributed by atoms with van der Waals surface area (Å²) in [5, 5.41) is 3.27. The SMILES string of the molecule is Cc1cc2[nH]c(C(=O)NC3CCCCC3)c(CN3CCOCC3)c2s1. The van der Waals surface area contributed by atoms with Crippen molar-refractivity contribution in [3.05, 3.63) is 22.2 Å². The van der Waals surface area contributed by atoms with Crippen LogP contribution in [0.25, 0.3) is 10.2 Å². The van der Waals surface area contributed by atoms with Crippen LogP contribution in [0.1, 0.15) is 53.0 Å². The van der Waals surface area contributed by atoms with Crippen molar-refractivity contribution in [2.75, 3.05) is 26.3 Å². The van der Waals surface area contributed by atoms with E-state index in [-0.39, 0.29) is 5.91 Å². The molecule has 0 radical (unpaired) electrons. The number of morpholine rings is 1. The Balaban J connectivity index is 1.58. The normalized spacial score (nSPS) is 20.2. The number of fused-ring (bicyclic) bond motifs is 1. The van der Waals surface area contributed by atoms with E-state index < -0.39 is 0 Å². The Morgan fingerprint density at radius 3 is 2.84 bits per heavy atom. The molecular weight excluding hydrogens is 334 g/mol. The van der Waals surface area contributed by atoms with Crippen LogP contribution in [0.5, 0.6) is 0 Å². The van der Waals surface area contributed by atoms with Gasteiger partial charge in [0.1, 0.15) is 5.69 Å². The number of hydrogen-bond acceptors (Lipinski definition) is 4. The van der Waals surface area contributed by atoms with E-state index in [1.807, 2.05) is 0 Å². The Labute approximate surface area is 152 Å². The highest BCUT2D eigenvalue weighted by Gasteiger charge is 2.24. The number of aromatic amines is 1. The number of aromatic nitrogens is 1. The van der Waals surface area contributed by atoms with Crippen LogP contribution in [0.15, 0.2) is 6.07 Å². The van der Waals surface area contributed by atoms with Gasteiger partial charge in [-0.05, 0) is 25.8 Å². The molecule has 0 spiro atoms. The molecule has 4 rings (SSSR count). The second-order valence-electron chi connectivity index (χ2n) is 7.28. The number of rotatable bonds is 4. The maximum absolute atomic E-state index is 12.9. The number of thiophene rings is 1. The second-order valence-corrected chi connectivity index (χ2v) is 8.53. The molecule has 1 aliphatic carbocycles. The molecule has 3 heterocycles. The standard InChI is InChI=1S/C19H27N3O2S/c1-13-11-16-18(25-13)15(12-22-7-9-24-10-8-22)17(21-16)19(23)20-14-5-3-2-4-6-14/h11,14,21H,2-10,12H2,1H3,(H,20,23). The zero-order chi connectivity index (χ0) is 17.2. The van der Waals surface area contributed by atoms with Gasteiger partial charge in [0.2, 0.25) is 0 Å². The molecule has 0 unspecified atom stereocenters. The van der Waals surface area contributed by atoms with E-state index >= 15 is 0 Å². The molecule has 0 aromatic carbocycles. The molecule has 6 heteroatoms. The van der Waals surface area contributed by atoms with Gasteiger partial charge in [-0.3, -0.25) is 9.69 Å². The largest absolute Gasteiger partial charge is 0.379 e. The van der Waals surface area contributed by atoms with Crippen LogP contribution in [0.3, 0.4) is 0 Å². The summed E-state index contributed by atoms with van der Waals surface area (Å²) in [4.78, 5) is 20.0. The minimum absolute atomic E-state index is 0.0659. The Hall–Kier alpha value is -1.37. The molecule has 136 valence electrons. The zero-order valence-corrected chi connectivity index (χ0v) is 15.7. The van der Waals surface area contributed by atoms with Crippen molar-refractivity contribution in [3.8, 4) is 0 Å². The van der Waals surface area contributed by atoms with Crippen molar-refractivity contribution in [2.45, 2.75) is 51.6 Å². The first-order valence-corrected chi connectivity index (χ1v) is 10.2. The van der Waals surface area contributed by atoms with Crippen molar-refractivity contribution in [2.24, 2.45) is 0 Å². The first-order valence-electron chi connectivity index (χ1n) is 9.42. The Morgan fingerprint density at radius 1 is 1.32 bits per heavy atom. The first-order chi connectivity index (χ1) is 12.2. The van der Waals surface area contributed by atoms with Gasteiger partial charge in [-0.2, -0.15) is 0 Å². The molecule has 1 saturated carbocycles. The van der Waals surface area contributed by atoms with Crippen molar-refractivity contribution in [3.63, 3.8) is 0 Å². The molecule has 0 bridgehead atoms. The van der Waals surface area contributed by atoms with E-state index in [4.69, 9.17) is 4.74 Å². The number of nitrogens with one attached hydrogen (secondary N) is 2. The number of carbonyl (C=O) groups excluding carboxylic acids is 1. The van der Waals surface area contributed by atoms with E-state index in [1.165, 1.54) is 28.8 Å². The summed E-state index contributed by atoms with van der Waals surface area (Å²) in [5.74, 6) is 0.0659. The van der Waals surface area contributed by atoms with E-state index in [0.717, 1.165) is 62.5 Å². The highest BCUT2D eigenvalue weighted by Crippen LogP contribution is 2.32. The van der Waals surface area contributed by atoms with Gasteiger partial charge in [-0.25, -0.2) is 0 Å². The monoisotopic (exact) mass is 361 g/mol. The highest BCUT2D eigenvalue weighted by atomic mass is 32.1. The number of amides is 1. The molecule has 1 saturated heterocycles.